The molecule has 0 radical (unpaired) electrons. The van der Waals surface area contributed by atoms with E-state index in [9.17, 15) is 8.42 Å². The molecule has 0 saturated heterocycles. The summed E-state index contributed by atoms with van der Waals surface area (Å²) in [7, 11) is -3.55. The molecular weight excluding hydrogens is 345 g/mol. The fourth-order valence-electron chi connectivity index (χ4n) is 2.86. The first kappa shape index (κ1) is 15.9. The van der Waals surface area contributed by atoms with Crippen LogP contribution in [-0.4, -0.2) is 24.6 Å². The van der Waals surface area contributed by atoms with Gasteiger partial charge in [-0.1, -0.05) is 36.0 Å². The van der Waals surface area contributed by atoms with Crippen LogP contribution < -0.4 is 5.73 Å². The standard InChI is InChI=1S/C14H15Cl2N3O2S/c1-22(20,21)13-12(14(17)4-2-3-5-14)18-10-6-8(15)9(16)7-11(10)19-13/h6-7H,2-5,17H2,1H3. The molecule has 3 rings (SSSR count). The van der Waals surface area contributed by atoms with Crippen molar-refractivity contribution >= 4 is 44.1 Å². The first-order valence-electron chi connectivity index (χ1n) is 6.87. The highest BCUT2D eigenvalue weighted by Crippen LogP contribution is 2.39. The summed E-state index contributed by atoms with van der Waals surface area (Å²) in [5, 5.41) is 0.584. The summed E-state index contributed by atoms with van der Waals surface area (Å²) < 4.78 is 24.3. The van der Waals surface area contributed by atoms with Gasteiger partial charge in [0.05, 0.1) is 32.3 Å². The Kier molecular flexibility index (Phi) is 3.84. The van der Waals surface area contributed by atoms with E-state index in [1.165, 1.54) is 6.07 Å². The number of fused-ring (bicyclic) bond motifs is 1. The van der Waals surface area contributed by atoms with E-state index in [2.05, 4.69) is 9.97 Å². The van der Waals surface area contributed by atoms with Crippen LogP contribution in [-0.2, 0) is 15.4 Å². The van der Waals surface area contributed by atoms with Crippen molar-refractivity contribution in [1.82, 2.24) is 9.97 Å². The third-order valence-electron chi connectivity index (χ3n) is 3.99. The summed E-state index contributed by atoms with van der Waals surface area (Å²) in [5.41, 5.74) is 6.87. The summed E-state index contributed by atoms with van der Waals surface area (Å²) >= 11 is 12.0. The quantitative estimate of drug-likeness (QED) is 0.890. The average Bonchev–Trinajstić information content (AvgIpc) is 2.86. The maximum Gasteiger partial charge on any atom is 0.194 e. The Hall–Kier alpha value is -0.950. The van der Waals surface area contributed by atoms with E-state index in [-0.39, 0.29) is 5.03 Å². The molecule has 0 spiro atoms. The van der Waals surface area contributed by atoms with Gasteiger partial charge in [-0.05, 0) is 25.0 Å². The zero-order chi connectivity index (χ0) is 16.1. The summed E-state index contributed by atoms with van der Waals surface area (Å²) in [5.74, 6) is 0. The molecule has 1 heterocycles. The molecule has 2 N–H and O–H groups in total. The molecule has 0 atom stereocenters. The number of aromatic nitrogens is 2. The van der Waals surface area contributed by atoms with E-state index in [1.54, 1.807) is 6.07 Å². The van der Waals surface area contributed by atoms with Crippen LogP contribution in [0.5, 0.6) is 0 Å². The smallest absolute Gasteiger partial charge is 0.194 e. The van der Waals surface area contributed by atoms with E-state index in [4.69, 9.17) is 28.9 Å². The van der Waals surface area contributed by atoms with Gasteiger partial charge in [0.25, 0.3) is 0 Å². The van der Waals surface area contributed by atoms with E-state index in [0.29, 0.717) is 39.6 Å². The van der Waals surface area contributed by atoms with Crippen molar-refractivity contribution in [1.29, 1.82) is 0 Å². The largest absolute Gasteiger partial charge is 0.320 e. The predicted octanol–water partition coefficient (Wildman–Crippen LogP) is 3.07. The third-order valence-corrected chi connectivity index (χ3v) is 5.70. The topological polar surface area (TPSA) is 85.9 Å². The Bertz CT molecular complexity index is 862. The SMILES string of the molecule is CS(=O)(=O)c1nc2cc(Cl)c(Cl)cc2nc1C1(N)CCCC1. The highest BCUT2D eigenvalue weighted by molar-refractivity contribution is 7.90. The number of hydrogen-bond acceptors (Lipinski definition) is 5. The monoisotopic (exact) mass is 359 g/mol. The van der Waals surface area contributed by atoms with Crippen LogP contribution in [0.1, 0.15) is 31.4 Å². The molecule has 1 aromatic carbocycles. The van der Waals surface area contributed by atoms with Crippen molar-refractivity contribution in [3.05, 3.63) is 27.9 Å². The lowest BCUT2D eigenvalue weighted by atomic mass is 9.95. The lowest BCUT2D eigenvalue weighted by molar-refractivity contribution is 0.433. The van der Waals surface area contributed by atoms with Gasteiger partial charge in [-0.25, -0.2) is 18.4 Å². The molecule has 22 heavy (non-hydrogen) atoms. The van der Waals surface area contributed by atoms with Gasteiger partial charge in [0.2, 0.25) is 0 Å². The van der Waals surface area contributed by atoms with Gasteiger partial charge < -0.3 is 5.73 Å². The number of nitrogens with zero attached hydrogens (tertiary/aromatic N) is 2. The second-order valence-electron chi connectivity index (χ2n) is 5.77. The highest BCUT2D eigenvalue weighted by atomic mass is 35.5. The molecule has 5 nitrogen and oxygen atoms in total. The third kappa shape index (κ3) is 2.69. The van der Waals surface area contributed by atoms with E-state index in [0.717, 1.165) is 19.1 Å². The van der Waals surface area contributed by atoms with Gasteiger partial charge in [-0.3, -0.25) is 0 Å². The van der Waals surface area contributed by atoms with Gasteiger partial charge in [0.15, 0.2) is 14.9 Å². The summed E-state index contributed by atoms with van der Waals surface area (Å²) in [6, 6.07) is 3.10. The Balaban J connectivity index is 2.35. The van der Waals surface area contributed by atoms with E-state index in [1.807, 2.05) is 0 Å². The van der Waals surface area contributed by atoms with Gasteiger partial charge in [0, 0.05) is 6.26 Å². The van der Waals surface area contributed by atoms with Crippen LogP contribution in [0.3, 0.4) is 0 Å². The van der Waals surface area contributed by atoms with Crippen molar-refractivity contribution < 1.29 is 8.42 Å². The number of halogens is 2. The fraction of sp³-hybridized carbons (Fsp3) is 0.429. The molecule has 0 unspecified atom stereocenters. The molecule has 2 aromatic rings. The van der Waals surface area contributed by atoms with Crippen molar-refractivity contribution in [2.24, 2.45) is 5.73 Å². The molecule has 0 bridgehead atoms. The Labute approximate surface area is 138 Å². The first-order chi connectivity index (χ1) is 10.2. The Morgan fingerprint density at radius 2 is 1.59 bits per heavy atom. The van der Waals surface area contributed by atoms with Crippen LogP contribution in [0.15, 0.2) is 17.2 Å². The lowest BCUT2D eigenvalue weighted by Gasteiger charge is -2.24. The molecule has 1 fully saturated rings. The number of rotatable bonds is 2. The van der Waals surface area contributed by atoms with Crippen molar-refractivity contribution in [3.63, 3.8) is 0 Å². The van der Waals surface area contributed by atoms with E-state index >= 15 is 0 Å². The second kappa shape index (κ2) is 5.30. The zero-order valence-corrected chi connectivity index (χ0v) is 14.3. The van der Waals surface area contributed by atoms with Crippen molar-refractivity contribution in [2.45, 2.75) is 36.2 Å². The summed E-state index contributed by atoms with van der Waals surface area (Å²) in [6.45, 7) is 0. The molecule has 8 heteroatoms. The maximum absolute atomic E-state index is 12.1. The highest BCUT2D eigenvalue weighted by Gasteiger charge is 2.38. The molecular formula is C14H15Cl2N3O2S. The normalized spacial score (nSPS) is 18.0. The molecule has 1 aliphatic rings. The van der Waals surface area contributed by atoms with Crippen LogP contribution in [0, 0.1) is 0 Å². The van der Waals surface area contributed by atoms with Gasteiger partial charge in [0.1, 0.15) is 0 Å². The zero-order valence-electron chi connectivity index (χ0n) is 11.9. The summed E-state index contributed by atoms with van der Waals surface area (Å²) in [4.78, 5) is 8.75. The van der Waals surface area contributed by atoms with Crippen LogP contribution in [0.25, 0.3) is 11.0 Å². The maximum atomic E-state index is 12.1. The number of nitrogens with two attached hydrogens (primary N) is 1. The molecule has 0 aliphatic heterocycles. The first-order valence-corrected chi connectivity index (χ1v) is 9.52. The molecule has 1 aromatic heterocycles. The number of benzene rings is 1. The molecule has 118 valence electrons. The minimum Gasteiger partial charge on any atom is -0.320 e. The number of sulfone groups is 1. The van der Waals surface area contributed by atoms with Gasteiger partial charge >= 0.3 is 0 Å². The minimum atomic E-state index is -3.55. The number of hydrogen-bond donors (Lipinski definition) is 1. The van der Waals surface area contributed by atoms with Crippen LogP contribution in [0.4, 0.5) is 0 Å². The van der Waals surface area contributed by atoms with Gasteiger partial charge in [-0.15, -0.1) is 0 Å². The predicted molar refractivity (Wildman–Crippen MR) is 87.0 cm³/mol. The van der Waals surface area contributed by atoms with E-state index < -0.39 is 15.4 Å². The van der Waals surface area contributed by atoms with Crippen molar-refractivity contribution in [2.75, 3.05) is 6.26 Å². The van der Waals surface area contributed by atoms with Gasteiger partial charge in [-0.2, -0.15) is 0 Å². The molecule has 1 aliphatic carbocycles. The summed E-state index contributed by atoms with van der Waals surface area (Å²) in [6.07, 6.45) is 4.39. The molecule has 1 saturated carbocycles. The fourth-order valence-corrected chi connectivity index (χ4v) is 4.04. The lowest BCUT2D eigenvalue weighted by Crippen LogP contribution is -2.36. The molecule has 0 amide bonds. The Morgan fingerprint density at radius 3 is 2.09 bits per heavy atom. The van der Waals surface area contributed by atoms with Crippen LogP contribution >= 0.6 is 23.2 Å². The van der Waals surface area contributed by atoms with Crippen molar-refractivity contribution in [3.8, 4) is 0 Å². The Morgan fingerprint density at radius 1 is 1.09 bits per heavy atom. The van der Waals surface area contributed by atoms with Crippen LogP contribution in [0.2, 0.25) is 10.0 Å². The average molecular weight is 360 g/mol. The second-order valence-corrected chi connectivity index (χ2v) is 8.51. The minimum absolute atomic E-state index is 0.0669.